The minimum atomic E-state index is -3.50. The smallest absolute Gasteiger partial charge is 0.242 e. The summed E-state index contributed by atoms with van der Waals surface area (Å²) in [7, 11) is -3.50. The molecule has 0 aliphatic carbocycles. The first-order chi connectivity index (χ1) is 8.54. The lowest BCUT2D eigenvalue weighted by Gasteiger charge is -2.13. The van der Waals surface area contributed by atoms with Gasteiger partial charge in [0.2, 0.25) is 10.0 Å². The summed E-state index contributed by atoms with van der Waals surface area (Å²) < 4.78 is 27.1. The van der Waals surface area contributed by atoms with Gasteiger partial charge in [-0.15, -0.1) is 11.3 Å². The van der Waals surface area contributed by atoms with Crippen LogP contribution in [0.15, 0.2) is 33.2 Å². The molecule has 7 heteroatoms. The summed E-state index contributed by atoms with van der Waals surface area (Å²) in [5.74, 6) is 0. The number of nitrogens with one attached hydrogen (secondary N) is 1. The average molecular weight is 302 g/mol. The number of sulfonamides is 1. The van der Waals surface area contributed by atoms with Crippen LogP contribution in [0.5, 0.6) is 0 Å². The van der Waals surface area contributed by atoms with Crippen LogP contribution < -0.4 is 10.5 Å². The zero-order valence-electron chi connectivity index (χ0n) is 9.79. The van der Waals surface area contributed by atoms with E-state index in [1.54, 1.807) is 22.8 Å². The Morgan fingerprint density at radius 3 is 2.78 bits per heavy atom. The highest BCUT2D eigenvalue weighted by Gasteiger charge is 2.22. The molecule has 0 saturated heterocycles. The van der Waals surface area contributed by atoms with Crippen LogP contribution in [0, 0.1) is 0 Å². The largest absolute Gasteiger partial charge is 0.326 e. The molecule has 3 N–H and O–H groups in total. The molecule has 0 bridgehead atoms. The van der Waals surface area contributed by atoms with E-state index in [2.05, 4.69) is 4.72 Å². The highest BCUT2D eigenvalue weighted by Crippen LogP contribution is 2.24. The quantitative estimate of drug-likeness (QED) is 0.890. The summed E-state index contributed by atoms with van der Waals surface area (Å²) in [6.07, 6.45) is 0. The van der Waals surface area contributed by atoms with Crippen molar-refractivity contribution in [2.75, 3.05) is 0 Å². The first-order valence-corrected chi connectivity index (χ1v) is 8.66. The molecule has 98 valence electrons. The van der Waals surface area contributed by atoms with Crippen LogP contribution in [0.1, 0.15) is 23.4 Å². The summed E-state index contributed by atoms with van der Waals surface area (Å²) in [5.41, 5.74) is 6.50. The van der Waals surface area contributed by atoms with Crippen LogP contribution in [0.3, 0.4) is 0 Å². The minimum absolute atomic E-state index is 0.237. The minimum Gasteiger partial charge on any atom is -0.326 e. The Morgan fingerprint density at radius 2 is 2.17 bits per heavy atom. The van der Waals surface area contributed by atoms with Gasteiger partial charge in [0.25, 0.3) is 0 Å². The highest BCUT2D eigenvalue weighted by molar-refractivity contribution is 7.89. The Balaban J connectivity index is 2.23. The van der Waals surface area contributed by atoms with Crippen molar-refractivity contribution in [3.8, 4) is 0 Å². The van der Waals surface area contributed by atoms with Crippen molar-refractivity contribution >= 4 is 32.7 Å². The number of hydrogen-bond donors (Lipinski definition) is 2. The maximum Gasteiger partial charge on any atom is 0.242 e. The Kier molecular flexibility index (Phi) is 4.18. The molecule has 0 radical (unpaired) electrons. The van der Waals surface area contributed by atoms with Gasteiger partial charge in [-0.3, -0.25) is 0 Å². The second-order valence-corrected chi connectivity index (χ2v) is 7.27. The standard InChI is InChI=1S/C11H14N2O2S3/c1-8(9-2-4-16-7-9)13-18(14,15)11-3-5-17-10(11)6-12/h2-5,7-8,13H,6,12H2,1H3. The van der Waals surface area contributed by atoms with Gasteiger partial charge in [-0.2, -0.15) is 11.3 Å². The van der Waals surface area contributed by atoms with Crippen molar-refractivity contribution < 1.29 is 8.42 Å². The molecule has 0 amide bonds. The lowest BCUT2D eigenvalue weighted by molar-refractivity contribution is 0.566. The third-order valence-corrected chi connectivity index (χ3v) is 5.95. The number of hydrogen-bond acceptors (Lipinski definition) is 5. The van der Waals surface area contributed by atoms with E-state index < -0.39 is 10.0 Å². The third-order valence-electron chi connectivity index (χ3n) is 2.55. The monoisotopic (exact) mass is 302 g/mol. The van der Waals surface area contributed by atoms with E-state index in [4.69, 9.17) is 5.73 Å². The molecular formula is C11H14N2O2S3. The SMILES string of the molecule is CC(NS(=O)(=O)c1ccsc1CN)c1ccsc1. The van der Waals surface area contributed by atoms with Gasteiger partial charge in [-0.1, -0.05) is 0 Å². The van der Waals surface area contributed by atoms with Gasteiger partial charge in [0.1, 0.15) is 0 Å². The molecular weight excluding hydrogens is 288 g/mol. The first-order valence-electron chi connectivity index (χ1n) is 5.35. The van der Waals surface area contributed by atoms with E-state index >= 15 is 0 Å². The van der Waals surface area contributed by atoms with Crippen molar-refractivity contribution in [1.82, 2.24) is 4.72 Å². The zero-order valence-corrected chi connectivity index (χ0v) is 12.2. The lowest BCUT2D eigenvalue weighted by Crippen LogP contribution is -2.27. The fourth-order valence-corrected chi connectivity index (χ4v) is 4.92. The number of thiophene rings is 2. The van der Waals surface area contributed by atoms with Gasteiger partial charge in [-0.05, 0) is 40.8 Å². The van der Waals surface area contributed by atoms with Crippen LogP contribution in [0.25, 0.3) is 0 Å². The molecule has 0 aliphatic rings. The van der Waals surface area contributed by atoms with Crippen molar-refractivity contribution in [3.05, 3.63) is 38.7 Å². The molecule has 0 spiro atoms. The molecule has 2 aromatic heterocycles. The fourth-order valence-electron chi connectivity index (χ4n) is 1.60. The molecule has 4 nitrogen and oxygen atoms in total. The summed E-state index contributed by atoms with van der Waals surface area (Å²) in [6, 6.07) is 3.26. The van der Waals surface area contributed by atoms with Crippen LogP contribution >= 0.6 is 22.7 Å². The van der Waals surface area contributed by atoms with Crippen LogP contribution in [-0.2, 0) is 16.6 Å². The van der Waals surface area contributed by atoms with Crippen molar-refractivity contribution in [2.45, 2.75) is 24.4 Å². The summed E-state index contributed by atoms with van der Waals surface area (Å²) in [5, 5.41) is 5.60. The lowest BCUT2D eigenvalue weighted by atomic mass is 10.2. The molecule has 18 heavy (non-hydrogen) atoms. The molecule has 2 rings (SSSR count). The van der Waals surface area contributed by atoms with Crippen LogP contribution in [-0.4, -0.2) is 8.42 Å². The third kappa shape index (κ3) is 2.81. The summed E-state index contributed by atoms with van der Waals surface area (Å²) >= 11 is 2.91. The molecule has 0 saturated carbocycles. The maximum absolute atomic E-state index is 12.2. The molecule has 1 atom stereocenters. The molecule has 0 aromatic carbocycles. The molecule has 1 unspecified atom stereocenters. The maximum atomic E-state index is 12.2. The Hall–Kier alpha value is -0.730. The van der Waals surface area contributed by atoms with Gasteiger partial charge < -0.3 is 5.73 Å². The van der Waals surface area contributed by atoms with Gasteiger partial charge >= 0.3 is 0 Å². The topological polar surface area (TPSA) is 72.2 Å². The summed E-state index contributed by atoms with van der Waals surface area (Å²) in [6.45, 7) is 2.06. The van der Waals surface area contributed by atoms with Gasteiger partial charge in [0.15, 0.2) is 0 Å². The van der Waals surface area contributed by atoms with E-state index in [0.717, 1.165) is 5.56 Å². The second kappa shape index (κ2) is 5.50. The van der Waals surface area contributed by atoms with E-state index in [9.17, 15) is 8.42 Å². The van der Waals surface area contributed by atoms with Crippen molar-refractivity contribution in [1.29, 1.82) is 0 Å². The van der Waals surface area contributed by atoms with E-state index in [1.165, 1.54) is 11.3 Å². The van der Waals surface area contributed by atoms with E-state index in [1.807, 2.05) is 23.8 Å². The van der Waals surface area contributed by atoms with E-state index in [0.29, 0.717) is 4.88 Å². The second-order valence-electron chi connectivity index (χ2n) is 3.81. The predicted molar refractivity (Wildman–Crippen MR) is 75.3 cm³/mol. The Labute approximate surface area is 115 Å². The molecule has 2 aromatic rings. The Bertz CT molecular complexity index is 602. The molecule has 0 fully saturated rings. The highest BCUT2D eigenvalue weighted by atomic mass is 32.2. The Morgan fingerprint density at radius 1 is 1.39 bits per heavy atom. The van der Waals surface area contributed by atoms with Gasteiger partial charge in [-0.25, -0.2) is 13.1 Å². The average Bonchev–Trinajstić information content (AvgIpc) is 2.99. The normalized spacial score (nSPS) is 13.7. The predicted octanol–water partition coefficient (Wildman–Crippen LogP) is 2.31. The molecule has 0 aliphatic heterocycles. The molecule has 2 heterocycles. The van der Waals surface area contributed by atoms with Crippen LogP contribution in [0.2, 0.25) is 0 Å². The number of rotatable bonds is 5. The first kappa shape index (κ1) is 13.7. The zero-order chi connectivity index (χ0) is 13.2. The van der Waals surface area contributed by atoms with Gasteiger partial charge in [0, 0.05) is 17.5 Å². The number of nitrogens with two attached hydrogens (primary N) is 1. The van der Waals surface area contributed by atoms with E-state index in [-0.39, 0.29) is 17.5 Å². The summed E-state index contributed by atoms with van der Waals surface area (Å²) in [4.78, 5) is 0.970. The van der Waals surface area contributed by atoms with Crippen molar-refractivity contribution in [3.63, 3.8) is 0 Å². The van der Waals surface area contributed by atoms with Gasteiger partial charge in [0.05, 0.1) is 4.90 Å². The fraction of sp³-hybridized carbons (Fsp3) is 0.273. The van der Waals surface area contributed by atoms with Crippen molar-refractivity contribution in [2.24, 2.45) is 5.73 Å². The van der Waals surface area contributed by atoms with Crippen LogP contribution in [0.4, 0.5) is 0 Å².